The molecule has 96 valence electrons. The van der Waals surface area contributed by atoms with Crippen molar-refractivity contribution >= 4 is 23.3 Å². The molecule has 0 amide bonds. The number of aromatic nitrogens is 2. The summed E-state index contributed by atoms with van der Waals surface area (Å²) in [4.78, 5) is 3.16. The van der Waals surface area contributed by atoms with Crippen molar-refractivity contribution < 1.29 is 4.39 Å². The smallest absolute Gasteiger partial charge is 0.178 e. The quantitative estimate of drug-likeness (QED) is 0.811. The zero-order valence-electron chi connectivity index (χ0n) is 10.5. The van der Waals surface area contributed by atoms with Gasteiger partial charge in [-0.2, -0.15) is 0 Å². The fourth-order valence-electron chi connectivity index (χ4n) is 2.81. The number of nitrogens with one attached hydrogen (secondary N) is 1. The molecule has 0 bridgehead atoms. The lowest BCUT2D eigenvalue weighted by molar-refractivity contribution is 0.391. The van der Waals surface area contributed by atoms with Crippen LogP contribution < -0.4 is 0 Å². The van der Waals surface area contributed by atoms with Crippen LogP contribution >= 0.6 is 12.2 Å². The number of aromatic amines is 1. The monoisotopic (exact) mass is 264 g/mol. The number of hydrogen-bond donors (Lipinski definition) is 1. The van der Waals surface area contributed by atoms with Gasteiger partial charge in [-0.05, 0) is 55.1 Å². The summed E-state index contributed by atoms with van der Waals surface area (Å²) in [5, 5.41) is 0. The van der Waals surface area contributed by atoms with Gasteiger partial charge in [-0.25, -0.2) is 4.39 Å². The molecule has 0 spiro atoms. The Kier molecular flexibility index (Phi) is 2.77. The van der Waals surface area contributed by atoms with Gasteiger partial charge in [-0.1, -0.05) is 13.3 Å². The highest BCUT2D eigenvalue weighted by Crippen LogP contribution is 2.51. The molecule has 1 fully saturated rings. The molecule has 1 saturated carbocycles. The lowest BCUT2D eigenvalue weighted by Gasteiger charge is -2.15. The first kappa shape index (κ1) is 11.9. The van der Waals surface area contributed by atoms with Gasteiger partial charge in [0.15, 0.2) is 4.77 Å². The molecule has 0 saturated heterocycles. The standard InChI is InChI=1S/C14H17FN2S/c1-2-5-14(6-7-14)9-17-12-8-10(15)3-4-11(12)16-13(17)18/h3-4,8H,2,5-7,9H2,1H3,(H,16,18). The molecule has 0 unspecified atom stereocenters. The molecule has 1 N–H and O–H groups in total. The predicted molar refractivity (Wildman–Crippen MR) is 73.7 cm³/mol. The molecule has 4 heteroatoms. The summed E-state index contributed by atoms with van der Waals surface area (Å²) in [6.07, 6.45) is 4.97. The third-order valence-electron chi connectivity index (χ3n) is 3.97. The Labute approximate surface area is 111 Å². The van der Waals surface area contributed by atoms with Gasteiger partial charge in [0, 0.05) is 6.54 Å². The molecule has 0 atom stereocenters. The van der Waals surface area contributed by atoms with Gasteiger partial charge in [0.1, 0.15) is 5.82 Å². The highest BCUT2D eigenvalue weighted by Gasteiger charge is 2.42. The molecular weight excluding hydrogens is 247 g/mol. The Morgan fingerprint density at radius 1 is 1.44 bits per heavy atom. The van der Waals surface area contributed by atoms with Crippen molar-refractivity contribution in [1.29, 1.82) is 0 Å². The Bertz CT molecular complexity index is 637. The van der Waals surface area contributed by atoms with Gasteiger partial charge in [0.05, 0.1) is 11.0 Å². The van der Waals surface area contributed by atoms with Crippen molar-refractivity contribution in [3.05, 3.63) is 28.8 Å². The van der Waals surface area contributed by atoms with E-state index >= 15 is 0 Å². The minimum absolute atomic E-state index is 0.203. The van der Waals surface area contributed by atoms with Gasteiger partial charge in [0.2, 0.25) is 0 Å². The first-order valence-corrected chi connectivity index (χ1v) is 6.92. The van der Waals surface area contributed by atoms with Crippen molar-refractivity contribution in [3.8, 4) is 0 Å². The summed E-state index contributed by atoms with van der Waals surface area (Å²) in [7, 11) is 0. The van der Waals surface area contributed by atoms with Crippen LogP contribution in [0.3, 0.4) is 0 Å². The number of rotatable bonds is 4. The van der Waals surface area contributed by atoms with Crippen molar-refractivity contribution in [2.24, 2.45) is 5.41 Å². The Hall–Kier alpha value is -1.16. The van der Waals surface area contributed by atoms with E-state index in [1.807, 2.05) is 0 Å². The lowest BCUT2D eigenvalue weighted by Crippen LogP contribution is -2.11. The van der Waals surface area contributed by atoms with Crippen LogP contribution in [-0.4, -0.2) is 9.55 Å². The van der Waals surface area contributed by atoms with E-state index in [2.05, 4.69) is 16.5 Å². The van der Waals surface area contributed by atoms with Gasteiger partial charge < -0.3 is 9.55 Å². The second-order valence-electron chi connectivity index (χ2n) is 5.43. The molecule has 1 heterocycles. The van der Waals surface area contributed by atoms with E-state index in [1.54, 1.807) is 12.1 Å². The largest absolute Gasteiger partial charge is 0.331 e. The van der Waals surface area contributed by atoms with Crippen LogP contribution in [0.1, 0.15) is 32.6 Å². The minimum Gasteiger partial charge on any atom is -0.331 e. The summed E-state index contributed by atoms with van der Waals surface area (Å²) in [5.41, 5.74) is 2.23. The second-order valence-corrected chi connectivity index (χ2v) is 5.81. The zero-order chi connectivity index (χ0) is 12.8. The second kappa shape index (κ2) is 4.19. The van der Waals surface area contributed by atoms with Crippen LogP contribution in [0.15, 0.2) is 18.2 Å². The maximum Gasteiger partial charge on any atom is 0.178 e. The topological polar surface area (TPSA) is 20.7 Å². The summed E-state index contributed by atoms with van der Waals surface area (Å²) in [6, 6.07) is 4.80. The van der Waals surface area contributed by atoms with E-state index < -0.39 is 0 Å². The van der Waals surface area contributed by atoms with Crippen LogP contribution in [0, 0.1) is 16.0 Å². The Balaban J connectivity index is 2.03. The maximum absolute atomic E-state index is 13.4. The molecule has 0 radical (unpaired) electrons. The van der Waals surface area contributed by atoms with Crippen LogP contribution in [0.25, 0.3) is 11.0 Å². The number of hydrogen-bond acceptors (Lipinski definition) is 1. The molecule has 18 heavy (non-hydrogen) atoms. The van der Waals surface area contributed by atoms with Crippen LogP contribution in [0.5, 0.6) is 0 Å². The molecule has 0 aliphatic heterocycles. The van der Waals surface area contributed by atoms with E-state index in [-0.39, 0.29) is 5.82 Å². The zero-order valence-corrected chi connectivity index (χ0v) is 11.3. The Morgan fingerprint density at radius 3 is 2.89 bits per heavy atom. The van der Waals surface area contributed by atoms with E-state index in [4.69, 9.17) is 12.2 Å². The molecule has 2 aromatic rings. The van der Waals surface area contributed by atoms with Gasteiger partial charge in [-0.15, -0.1) is 0 Å². The number of benzene rings is 1. The molecule has 1 aliphatic carbocycles. The van der Waals surface area contributed by atoms with Crippen molar-refractivity contribution in [3.63, 3.8) is 0 Å². The normalized spacial score (nSPS) is 17.2. The number of imidazole rings is 1. The van der Waals surface area contributed by atoms with Crippen molar-refractivity contribution in [2.45, 2.75) is 39.2 Å². The van der Waals surface area contributed by atoms with Crippen LogP contribution in [-0.2, 0) is 6.54 Å². The molecule has 1 aromatic heterocycles. The first-order chi connectivity index (χ1) is 8.63. The summed E-state index contributed by atoms with van der Waals surface area (Å²) >= 11 is 5.36. The minimum atomic E-state index is -0.203. The molecule has 3 rings (SSSR count). The van der Waals surface area contributed by atoms with E-state index in [0.29, 0.717) is 10.2 Å². The Morgan fingerprint density at radius 2 is 2.22 bits per heavy atom. The van der Waals surface area contributed by atoms with Crippen LogP contribution in [0.2, 0.25) is 0 Å². The number of halogens is 1. The summed E-state index contributed by atoms with van der Waals surface area (Å²) < 4.78 is 16.1. The highest BCUT2D eigenvalue weighted by molar-refractivity contribution is 7.71. The maximum atomic E-state index is 13.4. The fourth-order valence-corrected chi connectivity index (χ4v) is 3.09. The SMILES string of the molecule is CCCC1(Cn2c(=S)[nH]c3ccc(F)cc32)CC1. The molecule has 1 aliphatic rings. The number of nitrogens with zero attached hydrogens (tertiary/aromatic N) is 1. The van der Waals surface area contributed by atoms with Crippen LogP contribution in [0.4, 0.5) is 4.39 Å². The fraction of sp³-hybridized carbons (Fsp3) is 0.500. The van der Waals surface area contributed by atoms with E-state index in [0.717, 1.165) is 17.6 Å². The molecule has 2 nitrogen and oxygen atoms in total. The summed E-state index contributed by atoms with van der Waals surface area (Å²) in [5.74, 6) is -0.203. The van der Waals surface area contributed by atoms with Gasteiger partial charge in [-0.3, -0.25) is 0 Å². The first-order valence-electron chi connectivity index (χ1n) is 6.52. The number of fused-ring (bicyclic) bond motifs is 1. The van der Waals surface area contributed by atoms with E-state index in [1.165, 1.54) is 31.7 Å². The third kappa shape index (κ3) is 1.99. The number of H-pyrrole nitrogens is 1. The van der Waals surface area contributed by atoms with Gasteiger partial charge in [0.25, 0.3) is 0 Å². The van der Waals surface area contributed by atoms with Gasteiger partial charge >= 0.3 is 0 Å². The third-order valence-corrected chi connectivity index (χ3v) is 4.29. The van der Waals surface area contributed by atoms with Crippen molar-refractivity contribution in [2.75, 3.05) is 0 Å². The average molecular weight is 264 g/mol. The average Bonchev–Trinajstić information content (AvgIpc) is 3.02. The molecular formula is C14H17FN2S. The summed E-state index contributed by atoms with van der Waals surface area (Å²) in [6.45, 7) is 3.14. The lowest BCUT2D eigenvalue weighted by atomic mass is 10.0. The van der Waals surface area contributed by atoms with E-state index in [9.17, 15) is 4.39 Å². The highest BCUT2D eigenvalue weighted by atomic mass is 32.1. The molecule has 1 aromatic carbocycles. The predicted octanol–water partition coefficient (Wildman–Crippen LogP) is 4.42. The van der Waals surface area contributed by atoms with Crippen molar-refractivity contribution in [1.82, 2.24) is 9.55 Å².